The maximum absolute atomic E-state index is 5.88. The van der Waals surface area contributed by atoms with Crippen molar-refractivity contribution in [3.05, 3.63) is 18.2 Å². The van der Waals surface area contributed by atoms with Crippen LogP contribution in [0.25, 0.3) is 0 Å². The van der Waals surface area contributed by atoms with E-state index in [9.17, 15) is 0 Å². The lowest BCUT2D eigenvalue weighted by Crippen LogP contribution is -2.30. The fourth-order valence-electron chi connectivity index (χ4n) is 2.79. The van der Waals surface area contributed by atoms with Gasteiger partial charge in [0.25, 0.3) is 0 Å². The van der Waals surface area contributed by atoms with Gasteiger partial charge in [0.2, 0.25) is 0 Å². The third-order valence-corrected chi connectivity index (χ3v) is 3.60. The second-order valence-electron chi connectivity index (χ2n) is 4.69. The molecule has 1 aliphatic heterocycles. The van der Waals surface area contributed by atoms with Crippen LogP contribution in [-0.2, 0) is 7.05 Å². The van der Waals surface area contributed by atoms with E-state index in [0.717, 1.165) is 13.1 Å². The summed E-state index contributed by atoms with van der Waals surface area (Å²) in [5.41, 5.74) is 7.19. The zero-order valence-corrected chi connectivity index (χ0v) is 10.3. The molecule has 0 spiro atoms. The van der Waals surface area contributed by atoms with Gasteiger partial charge in [0.1, 0.15) is 0 Å². The minimum Gasteiger partial charge on any atom is -0.336 e. The van der Waals surface area contributed by atoms with Gasteiger partial charge < -0.3 is 10.3 Å². The van der Waals surface area contributed by atoms with Crippen molar-refractivity contribution in [3.63, 3.8) is 0 Å². The van der Waals surface area contributed by atoms with Crippen molar-refractivity contribution >= 4 is 0 Å². The van der Waals surface area contributed by atoms with E-state index >= 15 is 0 Å². The van der Waals surface area contributed by atoms with Crippen molar-refractivity contribution in [2.45, 2.75) is 25.8 Å². The number of hydrogen-bond donors (Lipinski definition) is 1. The van der Waals surface area contributed by atoms with Crippen molar-refractivity contribution < 1.29 is 0 Å². The highest BCUT2D eigenvalue weighted by Gasteiger charge is 2.35. The topological polar surface area (TPSA) is 47.1 Å². The molecular formula is C12H22N4. The number of aromatic nitrogens is 2. The summed E-state index contributed by atoms with van der Waals surface area (Å²) >= 11 is 0. The molecule has 4 nitrogen and oxygen atoms in total. The Hall–Kier alpha value is -0.870. The lowest BCUT2D eigenvalue weighted by molar-refractivity contribution is 0.222. The molecule has 0 radical (unpaired) electrons. The molecular weight excluding hydrogens is 200 g/mol. The first kappa shape index (κ1) is 11.6. The fraction of sp³-hybridized carbons (Fsp3) is 0.750. The van der Waals surface area contributed by atoms with Gasteiger partial charge in [-0.1, -0.05) is 6.92 Å². The first-order valence-corrected chi connectivity index (χ1v) is 6.18. The van der Waals surface area contributed by atoms with Crippen LogP contribution in [0.2, 0.25) is 0 Å². The Kier molecular flexibility index (Phi) is 3.61. The Morgan fingerprint density at radius 3 is 2.94 bits per heavy atom. The minimum absolute atomic E-state index is 0.470. The average molecular weight is 222 g/mol. The van der Waals surface area contributed by atoms with Gasteiger partial charge >= 0.3 is 0 Å². The lowest BCUT2D eigenvalue weighted by atomic mass is 9.98. The van der Waals surface area contributed by atoms with Gasteiger partial charge in [0.05, 0.1) is 18.1 Å². The van der Waals surface area contributed by atoms with Gasteiger partial charge in [-0.15, -0.1) is 0 Å². The molecule has 90 valence electrons. The number of aryl methyl sites for hydroxylation is 1. The first-order chi connectivity index (χ1) is 7.77. The molecule has 1 fully saturated rings. The van der Waals surface area contributed by atoms with E-state index in [4.69, 9.17) is 5.73 Å². The smallest absolute Gasteiger partial charge is 0.0946 e. The maximum atomic E-state index is 5.88. The monoisotopic (exact) mass is 222 g/mol. The second kappa shape index (κ2) is 4.97. The number of hydrogen-bond acceptors (Lipinski definition) is 3. The standard InChI is InChI=1S/C12H22N4/c1-3-5-16-6-4-10(7-13)12(16)11-8-14-9-15(11)2/h8-10,12H,3-7,13H2,1-2H3. The van der Waals surface area contributed by atoms with Crippen LogP contribution in [0.5, 0.6) is 0 Å². The number of imidazole rings is 1. The number of nitrogens with two attached hydrogens (primary N) is 1. The van der Waals surface area contributed by atoms with E-state index < -0.39 is 0 Å². The molecule has 1 aromatic heterocycles. The van der Waals surface area contributed by atoms with Gasteiger partial charge in [-0.05, 0) is 38.4 Å². The largest absolute Gasteiger partial charge is 0.336 e. The predicted octanol–water partition coefficient (Wildman–Crippen LogP) is 1.15. The summed E-state index contributed by atoms with van der Waals surface area (Å²) in [7, 11) is 2.07. The van der Waals surface area contributed by atoms with E-state index in [1.807, 2.05) is 12.5 Å². The van der Waals surface area contributed by atoms with E-state index in [0.29, 0.717) is 12.0 Å². The molecule has 0 saturated carbocycles. The Morgan fingerprint density at radius 1 is 1.56 bits per heavy atom. The summed E-state index contributed by atoms with van der Waals surface area (Å²) in [4.78, 5) is 6.78. The Bertz CT molecular complexity index is 334. The number of nitrogens with zero attached hydrogens (tertiary/aromatic N) is 3. The highest BCUT2D eigenvalue weighted by molar-refractivity contribution is 5.10. The summed E-state index contributed by atoms with van der Waals surface area (Å²) in [5, 5.41) is 0. The van der Waals surface area contributed by atoms with Crippen LogP contribution in [0.3, 0.4) is 0 Å². The molecule has 2 N–H and O–H groups in total. The van der Waals surface area contributed by atoms with Crippen LogP contribution in [-0.4, -0.2) is 34.1 Å². The van der Waals surface area contributed by atoms with Crippen molar-refractivity contribution in [1.82, 2.24) is 14.5 Å². The Morgan fingerprint density at radius 2 is 2.38 bits per heavy atom. The van der Waals surface area contributed by atoms with Crippen molar-refractivity contribution in [3.8, 4) is 0 Å². The average Bonchev–Trinajstić information content (AvgIpc) is 2.85. The third-order valence-electron chi connectivity index (χ3n) is 3.60. The van der Waals surface area contributed by atoms with Crippen molar-refractivity contribution in [1.29, 1.82) is 0 Å². The van der Waals surface area contributed by atoms with Crippen LogP contribution >= 0.6 is 0 Å². The van der Waals surface area contributed by atoms with Crippen molar-refractivity contribution in [2.75, 3.05) is 19.6 Å². The van der Waals surface area contributed by atoms with E-state index in [-0.39, 0.29) is 0 Å². The minimum atomic E-state index is 0.470. The fourth-order valence-corrected chi connectivity index (χ4v) is 2.79. The van der Waals surface area contributed by atoms with E-state index in [1.54, 1.807) is 0 Å². The van der Waals surface area contributed by atoms with Gasteiger partial charge in [0.15, 0.2) is 0 Å². The van der Waals surface area contributed by atoms with E-state index in [2.05, 4.69) is 28.4 Å². The highest BCUT2D eigenvalue weighted by atomic mass is 15.2. The number of rotatable bonds is 4. The quantitative estimate of drug-likeness (QED) is 0.831. The summed E-state index contributed by atoms with van der Waals surface area (Å²) in [5.74, 6) is 0.585. The third kappa shape index (κ3) is 1.99. The van der Waals surface area contributed by atoms with Crippen LogP contribution in [0.4, 0.5) is 0 Å². The van der Waals surface area contributed by atoms with Gasteiger partial charge in [-0.2, -0.15) is 0 Å². The molecule has 1 saturated heterocycles. The molecule has 1 aromatic rings. The van der Waals surface area contributed by atoms with E-state index in [1.165, 1.54) is 25.1 Å². The first-order valence-electron chi connectivity index (χ1n) is 6.18. The SMILES string of the molecule is CCCN1CCC(CN)C1c1cncn1C. The molecule has 4 heteroatoms. The zero-order valence-electron chi connectivity index (χ0n) is 10.3. The van der Waals surface area contributed by atoms with Crippen LogP contribution in [0.15, 0.2) is 12.5 Å². The Labute approximate surface area is 97.4 Å². The second-order valence-corrected chi connectivity index (χ2v) is 4.69. The van der Waals surface area contributed by atoms with Gasteiger partial charge in [-0.25, -0.2) is 4.98 Å². The molecule has 0 aliphatic carbocycles. The van der Waals surface area contributed by atoms with Crippen LogP contribution < -0.4 is 5.73 Å². The predicted molar refractivity (Wildman–Crippen MR) is 65.0 cm³/mol. The van der Waals surface area contributed by atoms with Crippen molar-refractivity contribution in [2.24, 2.45) is 18.7 Å². The summed E-state index contributed by atoms with van der Waals surface area (Å²) in [6.07, 6.45) is 6.28. The van der Waals surface area contributed by atoms with Gasteiger partial charge in [-0.3, -0.25) is 4.90 Å². The van der Waals surface area contributed by atoms with Crippen LogP contribution in [0, 0.1) is 5.92 Å². The molecule has 0 amide bonds. The molecule has 0 bridgehead atoms. The summed E-state index contributed by atoms with van der Waals surface area (Å²) in [6.45, 7) is 5.34. The molecule has 2 heterocycles. The zero-order chi connectivity index (χ0) is 11.5. The summed E-state index contributed by atoms with van der Waals surface area (Å²) < 4.78 is 2.13. The molecule has 0 aromatic carbocycles. The molecule has 2 unspecified atom stereocenters. The molecule has 2 atom stereocenters. The normalized spacial score (nSPS) is 26.4. The maximum Gasteiger partial charge on any atom is 0.0946 e. The van der Waals surface area contributed by atoms with Gasteiger partial charge in [0, 0.05) is 13.2 Å². The molecule has 2 rings (SSSR count). The Balaban J connectivity index is 2.22. The lowest BCUT2D eigenvalue weighted by Gasteiger charge is -2.27. The summed E-state index contributed by atoms with van der Waals surface area (Å²) in [6, 6.07) is 0.470. The highest BCUT2D eigenvalue weighted by Crippen LogP contribution is 2.36. The van der Waals surface area contributed by atoms with Crippen LogP contribution in [0.1, 0.15) is 31.5 Å². The number of likely N-dealkylation sites (tertiary alicyclic amines) is 1. The molecule has 1 aliphatic rings. The molecule has 16 heavy (non-hydrogen) atoms.